The van der Waals surface area contributed by atoms with Crippen molar-refractivity contribution in [2.75, 3.05) is 20.2 Å². The van der Waals surface area contributed by atoms with Crippen LogP contribution in [-0.4, -0.2) is 37.1 Å². The van der Waals surface area contributed by atoms with Gasteiger partial charge in [0.2, 0.25) is 0 Å². The highest BCUT2D eigenvalue weighted by molar-refractivity contribution is 5.81. The topological polar surface area (TPSA) is 92.5 Å². The minimum Gasteiger partial charge on any atom is -0.467 e. The Morgan fingerprint density at radius 2 is 2.50 bits per heavy atom. The molecule has 0 aromatic carbocycles. The highest BCUT2D eigenvalue weighted by Crippen LogP contribution is 2.08. The Hall–Kier alpha value is -1.84. The van der Waals surface area contributed by atoms with E-state index in [0.29, 0.717) is 18.8 Å². The summed E-state index contributed by atoms with van der Waals surface area (Å²) in [6.07, 6.45) is 1.12. The molecular weight excluding hydrogens is 234 g/mol. The van der Waals surface area contributed by atoms with E-state index >= 15 is 0 Å². The molecule has 1 aromatic heterocycles. The van der Waals surface area contributed by atoms with E-state index in [2.05, 4.69) is 0 Å². The number of carbonyl (C=O) groups excluding carboxylic acids is 1. The Balaban J connectivity index is 2.71. The maximum Gasteiger partial charge on any atom is 0.253 e. The number of amides is 1. The lowest BCUT2D eigenvalue weighted by atomic mass is 10.2. The van der Waals surface area contributed by atoms with E-state index in [1.165, 1.54) is 12.0 Å². The Bertz CT molecular complexity index is 393. The van der Waals surface area contributed by atoms with Gasteiger partial charge in [-0.3, -0.25) is 4.79 Å². The predicted molar refractivity (Wildman–Crippen MR) is 64.2 cm³/mol. The first kappa shape index (κ1) is 14.2. The van der Waals surface area contributed by atoms with Crippen LogP contribution in [0.3, 0.4) is 0 Å². The van der Waals surface area contributed by atoms with Gasteiger partial charge in [0.05, 0.1) is 25.3 Å². The van der Waals surface area contributed by atoms with Crippen molar-refractivity contribution in [3.8, 4) is 6.07 Å². The number of nitrogens with two attached hydrogens (primary N) is 1. The summed E-state index contributed by atoms with van der Waals surface area (Å²) in [5.41, 5.74) is 5.46. The molecule has 0 bridgehead atoms. The Morgan fingerprint density at radius 1 is 1.72 bits per heavy atom. The van der Waals surface area contributed by atoms with Gasteiger partial charge in [-0.05, 0) is 12.1 Å². The van der Waals surface area contributed by atoms with E-state index in [4.69, 9.17) is 20.1 Å². The molecule has 1 heterocycles. The quantitative estimate of drug-likeness (QED) is 0.761. The first-order valence-corrected chi connectivity index (χ1v) is 5.64. The van der Waals surface area contributed by atoms with E-state index in [0.717, 1.165) is 0 Å². The van der Waals surface area contributed by atoms with Gasteiger partial charge in [-0.15, -0.1) is 0 Å². The average molecular weight is 251 g/mol. The summed E-state index contributed by atoms with van der Waals surface area (Å²) in [7, 11) is 1.44. The van der Waals surface area contributed by atoms with E-state index in [1.807, 2.05) is 6.07 Å². The number of carbonyl (C=O) groups is 1. The fourth-order valence-corrected chi connectivity index (χ4v) is 1.54. The number of hydrogen-bond acceptors (Lipinski definition) is 5. The normalized spacial score (nSPS) is 11.8. The van der Waals surface area contributed by atoms with Crippen molar-refractivity contribution >= 4 is 5.91 Å². The maximum absolute atomic E-state index is 12.1. The third kappa shape index (κ3) is 3.87. The Kier molecular flexibility index (Phi) is 5.91. The number of ether oxygens (including phenoxy) is 1. The summed E-state index contributed by atoms with van der Waals surface area (Å²) in [5.74, 6) is 0.430. The van der Waals surface area contributed by atoms with Crippen molar-refractivity contribution in [1.82, 2.24) is 4.90 Å². The van der Waals surface area contributed by atoms with Gasteiger partial charge in [0.15, 0.2) is 0 Å². The van der Waals surface area contributed by atoms with Crippen LogP contribution >= 0.6 is 0 Å². The molecule has 0 fully saturated rings. The van der Waals surface area contributed by atoms with Crippen LogP contribution in [0.2, 0.25) is 0 Å². The fourth-order valence-electron chi connectivity index (χ4n) is 1.54. The van der Waals surface area contributed by atoms with Gasteiger partial charge in [-0.2, -0.15) is 5.26 Å². The van der Waals surface area contributed by atoms with Crippen LogP contribution < -0.4 is 5.73 Å². The zero-order chi connectivity index (χ0) is 13.4. The molecule has 0 aliphatic heterocycles. The van der Waals surface area contributed by atoms with Crippen LogP contribution in [0.4, 0.5) is 0 Å². The number of rotatable bonds is 7. The SMILES string of the molecule is COC(CN)C(=O)N(CCC#N)Cc1ccco1. The van der Waals surface area contributed by atoms with Crippen molar-refractivity contribution in [2.24, 2.45) is 5.73 Å². The van der Waals surface area contributed by atoms with E-state index in [-0.39, 0.29) is 18.9 Å². The summed E-state index contributed by atoms with van der Waals surface area (Å²) in [6, 6.07) is 5.53. The predicted octanol–water partition coefficient (Wildman–Crippen LogP) is 0.496. The molecule has 0 radical (unpaired) electrons. The molecule has 1 amide bonds. The van der Waals surface area contributed by atoms with Gasteiger partial charge >= 0.3 is 0 Å². The van der Waals surface area contributed by atoms with E-state index < -0.39 is 6.10 Å². The number of nitrogens with zero attached hydrogens (tertiary/aromatic N) is 2. The summed E-state index contributed by atoms with van der Waals surface area (Å²) < 4.78 is 10.2. The summed E-state index contributed by atoms with van der Waals surface area (Å²) in [5, 5.41) is 8.61. The van der Waals surface area contributed by atoms with Crippen molar-refractivity contribution in [3.05, 3.63) is 24.2 Å². The van der Waals surface area contributed by atoms with Crippen molar-refractivity contribution < 1.29 is 13.9 Å². The highest BCUT2D eigenvalue weighted by atomic mass is 16.5. The third-order valence-electron chi connectivity index (χ3n) is 2.51. The van der Waals surface area contributed by atoms with Gasteiger partial charge in [0.25, 0.3) is 5.91 Å². The zero-order valence-electron chi connectivity index (χ0n) is 10.3. The van der Waals surface area contributed by atoms with Crippen LogP contribution in [0.15, 0.2) is 22.8 Å². The van der Waals surface area contributed by atoms with Gasteiger partial charge < -0.3 is 19.8 Å². The molecule has 0 saturated heterocycles. The second-order valence-corrected chi connectivity index (χ2v) is 3.71. The van der Waals surface area contributed by atoms with Gasteiger partial charge in [-0.25, -0.2) is 0 Å². The lowest BCUT2D eigenvalue weighted by Crippen LogP contribution is -2.43. The monoisotopic (exact) mass is 251 g/mol. The maximum atomic E-state index is 12.1. The molecular formula is C12H17N3O3. The summed E-state index contributed by atoms with van der Waals surface area (Å²) in [4.78, 5) is 13.6. The highest BCUT2D eigenvalue weighted by Gasteiger charge is 2.23. The Morgan fingerprint density at radius 3 is 3.00 bits per heavy atom. The summed E-state index contributed by atoms with van der Waals surface area (Å²) in [6.45, 7) is 0.750. The molecule has 6 heteroatoms. The van der Waals surface area contributed by atoms with E-state index in [1.54, 1.807) is 18.4 Å². The molecule has 2 N–H and O–H groups in total. The number of methoxy groups -OCH3 is 1. The molecule has 98 valence electrons. The second kappa shape index (κ2) is 7.48. The standard InChI is InChI=1S/C12H17N3O3/c1-17-11(8-14)12(16)15(6-3-5-13)9-10-4-2-7-18-10/h2,4,7,11H,3,6,8-9,14H2,1H3. The number of nitriles is 1. The van der Waals surface area contributed by atoms with E-state index in [9.17, 15) is 4.79 Å². The van der Waals surface area contributed by atoms with Crippen LogP contribution in [0.25, 0.3) is 0 Å². The third-order valence-corrected chi connectivity index (χ3v) is 2.51. The molecule has 0 spiro atoms. The molecule has 0 saturated carbocycles. The molecule has 6 nitrogen and oxygen atoms in total. The first-order chi connectivity index (χ1) is 8.72. The van der Waals surface area contributed by atoms with Crippen LogP contribution in [0, 0.1) is 11.3 Å². The largest absolute Gasteiger partial charge is 0.467 e. The number of hydrogen-bond donors (Lipinski definition) is 1. The second-order valence-electron chi connectivity index (χ2n) is 3.71. The Labute approximate surface area is 106 Å². The van der Waals surface area contributed by atoms with Gasteiger partial charge in [0, 0.05) is 20.2 Å². The molecule has 1 atom stereocenters. The van der Waals surface area contributed by atoms with Crippen molar-refractivity contribution in [2.45, 2.75) is 19.1 Å². The zero-order valence-corrected chi connectivity index (χ0v) is 10.3. The first-order valence-electron chi connectivity index (χ1n) is 5.64. The smallest absolute Gasteiger partial charge is 0.253 e. The molecule has 1 aromatic rings. The lowest BCUT2D eigenvalue weighted by Gasteiger charge is -2.24. The minimum absolute atomic E-state index is 0.108. The molecule has 1 unspecified atom stereocenters. The van der Waals surface area contributed by atoms with Gasteiger partial charge in [-0.1, -0.05) is 0 Å². The fraction of sp³-hybridized carbons (Fsp3) is 0.500. The number of furan rings is 1. The van der Waals surface area contributed by atoms with Crippen molar-refractivity contribution in [3.63, 3.8) is 0 Å². The molecule has 0 aliphatic rings. The van der Waals surface area contributed by atoms with Crippen LogP contribution in [0.5, 0.6) is 0 Å². The summed E-state index contributed by atoms with van der Waals surface area (Å²) >= 11 is 0. The molecule has 18 heavy (non-hydrogen) atoms. The van der Waals surface area contributed by atoms with Crippen molar-refractivity contribution in [1.29, 1.82) is 5.26 Å². The molecule has 0 aliphatic carbocycles. The lowest BCUT2D eigenvalue weighted by molar-refractivity contribution is -0.142. The minimum atomic E-state index is -0.682. The van der Waals surface area contributed by atoms with Crippen LogP contribution in [-0.2, 0) is 16.1 Å². The van der Waals surface area contributed by atoms with Gasteiger partial charge in [0.1, 0.15) is 11.9 Å². The molecule has 1 rings (SSSR count). The average Bonchev–Trinajstić information content (AvgIpc) is 2.88. The van der Waals surface area contributed by atoms with Crippen LogP contribution in [0.1, 0.15) is 12.2 Å².